The highest BCUT2D eigenvalue weighted by Gasteiger charge is 2.24. The Balaban J connectivity index is 1.61. The van der Waals surface area contributed by atoms with Crippen LogP contribution in [0.2, 0.25) is 10.0 Å². The van der Waals surface area contributed by atoms with Crippen LogP contribution in [0.15, 0.2) is 48.8 Å². The third kappa shape index (κ3) is 4.05. The van der Waals surface area contributed by atoms with E-state index in [0.29, 0.717) is 57.8 Å². The number of rotatable bonds is 6. The van der Waals surface area contributed by atoms with Gasteiger partial charge < -0.3 is 21.1 Å². The molecule has 0 aliphatic carbocycles. The monoisotopic (exact) mass is 474 g/mol. The van der Waals surface area contributed by atoms with Gasteiger partial charge in [-0.15, -0.1) is 0 Å². The molecule has 8 nitrogen and oxygen atoms in total. The zero-order valence-corrected chi connectivity index (χ0v) is 18.4. The molecule has 0 atom stereocenters. The van der Waals surface area contributed by atoms with Crippen LogP contribution in [-0.2, 0) is 22.4 Å². The number of carbonyl (C=O) groups excluding carboxylic acids is 2. The fourth-order valence-corrected chi connectivity index (χ4v) is 4.26. The minimum absolute atomic E-state index is 0.384. The Morgan fingerprint density at radius 2 is 1.16 bits per heavy atom. The number of halogens is 2. The first-order chi connectivity index (χ1) is 15.4. The molecule has 166 valence electrons. The van der Waals surface area contributed by atoms with Crippen LogP contribution in [0, 0.1) is 0 Å². The Morgan fingerprint density at radius 3 is 1.53 bits per heavy atom. The van der Waals surface area contributed by atoms with Gasteiger partial charge in [-0.25, -0.2) is 9.59 Å². The molecule has 2 aromatic heterocycles. The summed E-state index contributed by atoms with van der Waals surface area (Å²) in [6.45, 7) is 0.767. The lowest BCUT2D eigenvalue weighted by Gasteiger charge is -2.07. The van der Waals surface area contributed by atoms with Crippen molar-refractivity contribution in [1.29, 1.82) is 0 Å². The predicted octanol–water partition coefficient (Wildman–Crippen LogP) is 2.52. The summed E-state index contributed by atoms with van der Waals surface area (Å²) in [6.07, 6.45) is 4.21. The van der Waals surface area contributed by atoms with Crippen molar-refractivity contribution in [3.63, 3.8) is 0 Å². The van der Waals surface area contributed by atoms with E-state index in [1.54, 1.807) is 48.8 Å². The Labute approximate surface area is 193 Å². The summed E-state index contributed by atoms with van der Waals surface area (Å²) in [6, 6.07) is 10.3. The topological polar surface area (TPSA) is 114 Å². The molecule has 4 aromatic rings. The summed E-state index contributed by atoms with van der Waals surface area (Å²) in [4.78, 5) is 35.6. The maximum Gasteiger partial charge on any atom is 0.444 e. The molecule has 32 heavy (non-hydrogen) atoms. The van der Waals surface area contributed by atoms with Gasteiger partial charge in [0.25, 0.3) is 0 Å². The van der Waals surface area contributed by atoms with Gasteiger partial charge in [-0.1, -0.05) is 35.3 Å². The van der Waals surface area contributed by atoms with Crippen LogP contribution in [0.25, 0.3) is 21.8 Å². The van der Waals surface area contributed by atoms with Crippen LogP contribution in [0.4, 0.5) is 0 Å². The molecule has 0 aliphatic heterocycles. The van der Waals surface area contributed by atoms with Gasteiger partial charge in [-0.05, 0) is 61.3 Å². The summed E-state index contributed by atoms with van der Waals surface area (Å²) in [5.41, 5.74) is 14.0. The van der Waals surface area contributed by atoms with Crippen LogP contribution >= 0.6 is 23.2 Å². The van der Waals surface area contributed by atoms with E-state index in [0.717, 1.165) is 11.1 Å². The Kier molecular flexibility index (Phi) is 6.38. The number of nitrogens with two attached hydrogens (primary N) is 2. The average molecular weight is 475 g/mol. The zero-order valence-electron chi connectivity index (χ0n) is 16.9. The number of aromatic nitrogens is 2. The van der Waals surface area contributed by atoms with Gasteiger partial charge in [0.2, 0.25) is 0 Å². The maximum absolute atomic E-state index is 12.5. The Hall–Kier alpha value is -3.04. The molecular formula is C22H20Cl2N4O4. The lowest BCUT2D eigenvalue weighted by Crippen LogP contribution is -2.34. The van der Waals surface area contributed by atoms with Crippen molar-refractivity contribution in [3.05, 3.63) is 70.0 Å². The van der Waals surface area contributed by atoms with E-state index in [9.17, 15) is 9.59 Å². The first-order valence-electron chi connectivity index (χ1n) is 9.86. The fourth-order valence-electron chi connectivity index (χ4n) is 3.67. The highest BCUT2D eigenvalue weighted by Crippen LogP contribution is 2.29. The van der Waals surface area contributed by atoms with Crippen LogP contribution < -0.4 is 21.1 Å². The summed E-state index contributed by atoms with van der Waals surface area (Å²) in [5.74, 6) is -2.41. The third-order valence-electron chi connectivity index (χ3n) is 5.00. The van der Waals surface area contributed by atoms with E-state index in [1.165, 1.54) is 9.46 Å². The molecule has 4 rings (SSSR count). The standard InChI is InChI=1S/C22H20Cl2N4O4/c23-15-3-1-5-17-19(15)13(7-9-25)11-27(17)31-21(29)22(30)32-28-12-14(8-10-26)20-16(24)4-2-6-18(20)28/h1-6,11-12H,7-10,25-26H2. The smallest absolute Gasteiger partial charge is 0.330 e. The van der Waals surface area contributed by atoms with Crippen molar-refractivity contribution in [3.8, 4) is 0 Å². The summed E-state index contributed by atoms with van der Waals surface area (Å²) >= 11 is 12.6. The molecule has 0 radical (unpaired) electrons. The van der Waals surface area contributed by atoms with E-state index in [2.05, 4.69) is 0 Å². The molecule has 0 amide bonds. The molecule has 0 saturated carbocycles. The normalized spacial score (nSPS) is 11.2. The number of benzene rings is 2. The molecule has 0 fully saturated rings. The molecule has 10 heteroatoms. The molecule has 0 unspecified atom stereocenters. The van der Waals surface area contributed by atoms with Gasteiger partial charge in [0.15, 0.2) is 0 Å². The predicted molar refractivity (Wildman–Crippen MR) is 123 cm³/mol. The average Bonchev–Trinajstić information content (AvgIpc) is 3.29. The largest absolute Gasteiger partial charge is 0.444 e. The van der Waals surface area contributed by atoms with Crippen molar-refractivity contribution < 1.29 is 19.3 Å². The molecular weight excluding hydrogens is 455 g/mol. The molecule has 2 aromatic carbocycles. The molecule has 2 heterocycles. The SMILES string of the molecule is NCCc1cn(OC(=O)C(=O)On2cc(CCN)c3c(Cl)cccc32)c2cccc(Cl)c12. The molecule has 0 saturated heterocycles. The first-order valence-corrected chi connectivity index (χ1v) is 10.6. The number of nitrogens with zero attached hydrogens (tertiary/aromatic N) is 2. The molecule has 0 aliphatic rings. The number of carbonyl (C=O) groups is 2. The van der Waals surface area contributed by atoms with E-state index >= 15 is 0 Å². The van der Waals surface area contributed by atoms with Crippen LogP contribution in [0.3, 0.4) is 0 Å². The van der Waals surface area contributed by atoms with Gasteiger partial charge >= 0.3 is 11.9 Å². The lowest BCUT2D eigenvalue weighted by molar-refractivity contribution is -0.167. The second kappa shape index (κ2) is 9.22. The van der Waals surface area contributed by atoms with Gasteiger partial charge in [-0.2, -0.15) is 9.46 Å². The van der Waals surface area contributed by atoms with Crippen molar-refractivity contribution in [2.75, 3.05) is 13.1 Å². The Bertz CT molecular complexity index is 1230. The molecule has 0 bridgehead atoms. The van der Waals surface area contributed by atoms with Crippen molar-refractivity contribution in [2.45, 2.75) is 12.8 Å². The van der Waals surface area contributed by atoms with Gasteiger partial charge in [-0.3, -0.25) is 0 Å². The highest BCUT2D eigenvalue weighted by atomic mass is 35.5. The first kappa shape index (κ1) is 22.2. The van der Waals surface area contributed by atoms with Crippen molar-refractivity contribution >= 4 is 56.9 Å². The Morgan fingerprint density at radius 1 is 0.750 bits per heavy atom. The van der Waals surface area contributed by atoms with Crippen molar-refractivity contribution in [1.82, 2.24) is 9.46 Å². The summed E-state index contributed by atoms with van der Waals surface area (Å²) < 4.78 is 2.39. The maximum atomic E-state index is 12.5. The van der Waals surface area contributed by atoms with Gasteiger partial charge in [0.1, 0.15) is 0 Å². The third-order valence-corrected chi connectivity index (χ3v) is 5.63. The minimum Gasteiger partial charge on any atom is -0.330 e. The second-order valence-electron chi connectivity index (χ2n) is 7.06. The lowest BCUT2D eigenvalue weighted by atomic mass is 10.1. The van der Waals surface area contributed by atoms with Crippen LogP contribution in [0.1, 0.15) is 11.1 Å². The second-order valence-corrected chi connectivity index (χ2v) is 7.88. The van der Waals surface area contributed by atoms with Crippen LogP contribution in [0.5, 0.6) is 0 Å². The zero-order chi connectivity index (χ0) is 22.8. The van der Waals surface area contributed by atoms with E-state index in [4.69, 9.17) is 44.3 Å². The van der Waals surface area contributed by atoms with Gasteiger partial charge in [0, 0.05) is 23.2 Å². The summed E-state index contributed by atoms with van der Waals surface area (Å²) in [5, 5.41) is 2.40. The minimum atomic E-state index is -1.20. The quantitative estimate of drug-likeness (QED) is 0.415. The van der Waals surface area contributed by atoms with E-state index in [-0.39, 0.29) is 0 Å². The van der Waals surface area contributed by atoms with E-state index < -0.39 is 11.9 Å². The van der Waals surface area contributed by atoms with Gasteiger partial charge in [0.05, 0.1) is 21.1 Å². The summed E-state index contributed by atoms with van der Waals surface area (Å²) in [7, 11) is 0. The van der Waals surface area contributed by atoms with E-state index in [1.807, 2.05) is 0 Å². The van der Waals surface area contributed by atoms with Crippen LogP contribution in [-0.4, -0.2) is 34.5 Å². The highest BCUT2D eigenvalue weighted by molar-refractivity contribution is 6.36. The number of fused-ring (bicyclic) bond motifs is 2. The molecule has 4 N–H and O–H groups in total. The number of hydrogen-bond donors (Lipinski definition) is 2. The fraction of sp³-hybridized carbons (Fsp3) is 0.182. The van der Waals surface area contributed by atoms with Crippen molar-refractivity contribution in [2.24, 2.45) is 11.5 Å². The number of hydrogen-bond acceptors (Lipinski definition) is 6. The molecule has 0 spiro atoms.